The molecule has 4 heterocycles. The topological polar surface area (TPSA) is 73.0 Å². The van der Waals surface area contributed by atoms with Gasteiger partial charge in [0.25, 0.3) is 0 Å². The highest BCUT2D eigenvalue weighted by Crippen LogP contribution is 2.41. The molecule has 1 aliphatic carbocycles. The lowest BCUT2D eigenvalue weighted by molar-refractivity contribution is 0.214. The molecule has 2 N–H and O–H groups in total. The largest absolute Gasteiger partial charge is 0.494 e. The second-order valence-corrected chi connectivity index (χ2v) is 9.43. The Balaban J connectivity index is 1.61. The first-order valence-electron chi connectivity index (χ1n) is 11.9. The Kier molecular flexibility index (Phi) is 5.34. The number of methoxy groups -OCH3 is 1. The first-order valence-corrected chi connectivity index (χ1v) is 11.9. The van der Waals surface area contributed by atoms with Crippen LogP contribution in [0, 0.1) is 24.1 Å². The number of ether oxygens (including phenoxy) is 1. The Morgan fingerprint density at radius 1 is 1.11 bits per heavy atom. The molecule has 0 spiro atoms. The summed E-state index contributed by atoms with van der Waals surface area (Å²) >= 11 is 0. The van der Waals surface area contributed by atoms with Gasteiger partial charge in [0.15, 0.2) is 11.6 Å². The van der Waals surface area contributed by atoms with Crippen molar-refractivity contribution >= 4 is 17.3 Å². The van der Waals surface area contributed by atoms with Gasteiger partial charge in [0.2, 0.25) is 11.6 Å². The van der Waals surface area contributed by atoms with Crippen molar-refractivity contribution in [3.05, 3.63) is 71.8 Å². The van der Waals surface area contributed by atoms with Gasteiger partial charge in [-0.2, -0.15) is 0 Å². The molecular formula is C27H24F2N6O. The van der Waals surface area contributed by atoms with Gasteiger partial charge in [0.1, 0.15) is 11.5 Å². The molecule has 36 heavy (non-hydrogen) atoms. The summed E-state index contributed by atoms with van der Waals surface area (Å²) in [5.41, 5.74) is 8.95. The number of aromatic nitrogens is 3. The van der Waals surface area contributed by atoms with Crippen LogP contribution in [-0.4, -0.2) is 40.1 Å². The number of nitrogens with zero attached hydrogens (tertiary/aromatic N) is 5. The normalized spacial score (nSPS) is 21.1. The summed E-state index contributed by atoms with van der Waals surface area (Å²) in [6, 6.07) is 9.51. The maximum Gasteiger partial charge on any atom is 0.222 e. The number of halogens is 2. The second kappa shape index (κ2) is 8.57. The molecule has 2 saturated heterocycles. The van der Waals surface area contributed by atoms with Gasteiger partial charge in [0.05, 0.1) is 24.9 Å². The summed E-state index contributed by atoms with van der Waals surface area (Å²) in [7, 11) is 1.41. The summed E-state index contributed by atoms with van der Waals surface area (Å²) in [6.07, 6.45) is 6.54. The number of hydrogen-bond donors (Lipinski definition) is 1. The molecule has 3 aliphatic rings. The number of benzene rings is 2. The number of rotatable bonds is 4. The van der Waals surface area contributed by atoms with E-state index in [0.717, 1.165) is 25.8 Å². The fraction of sp³-hybridized carbons (Fsp3) is 0.296. The zero-order chi connectivity index (χ0) is 25.0. The number of hydrogen-bond acceptors (Lipinski definition) is 5. The van der Waals surface area contributed by atoms with Gasteiger partial charge < -0.3 is 15.4 Å². The lowest BCUT2D eigenvalue weighted by Gasteiger charge is -2.49. The van der Waals surface area contributed by atoms with Crippen LogP contribution >= 0.6 is 0 Å². The van der Waals surface area contributed by atoms with Crippen LogP contribution in [0.25, 0.3) is 32.9 Å². The number of imidazole rings is 1. The molecule has 1 saturated carbocycles. The molecule has 0 amide bonds. The van der Waals surface area contributed by atoms with E-state index in [4.69, 9.17) is 22.0 Å². The van der Waals surface area contributed by atoms with E-state index in [2.05, 4.69) is 14.7 Å². The molecule has 4 aromatic rings. The van der Waals surface area contributed by atoms with Gasteiger partial charge in [-0.1, -0.05) is 18.2 Å². The molecule has 3 fully saturated rings. The Labute approximate surface area is 207 Å². The molecule has 7 rings (SSSR count). The summed E-state index contributed by atoms with van der Waals surface area (Å²) in [5.74, 6) is 0.0453. The summed E-state index contributed by atoms with van der Waals surface area (Å²) in [4.78, 5) is 15.2. The predicted molar refractivity (Wildman–Crippen MR) is 133 cm³/mol. The van der Waals surface area contributed by atoms with Crippen LogP contribution in [0.1, 0.15) is 19.3 Å². The van der Waals surface area contributed by atoms with Crippen molar-refractivity contribution in [2.75, 3.05) is 18.6 Å². The molecule has 182 valence electrons. The third-order valence-corrected chi connectivity index (χ3v) is 7.46. The Bertz CT molecular complexity index is 1530. The summed E-state index contributed by atoms with van der Waals surface area (Å²) in [5, 5.41) is 0. The van der Waals surface area contributed by atoms with Crippen molar-refractivity contribution in [2.45, 2.75) is 31.3 Å². The van der Waals surface area contributed by atoms with Crippen LogP contribution in [0.3, 0.4) is 0 Å². The molecule has 3 atom stereocenters. The van der Waals surface area contributed by atoms with Crippen molar-refractivity contribution < 1.29 is 13.5 Å². The number of piperidine rings is 2. The second-order valence-electron chi connectivity index (χ2n) is 9.43. The van der Waals surface area contributed by atoms with E-state index in [0.29, 0.717) is 39.9 Å². The van der Waals surface area contributed by atoms with E-state index in [1.165, 1.54) is 25.3 Å². The summed E-state index contributed by atoms with van der Waals surface area (Å²) < 4.78 is 36.5. The van der Waals surface area contributed by atoms with E-state index < -0.39 is 11.6 Å². The van der Waals surface area contributed by atoms with E-state index in [9.17, 15) is 8.78 Å². The van der Waals surface area contributed by atoms with Crippen LogP contribution in [0.5, 0.6) is 5.75 Å². The SMILES string of the molecule is [C-]#[N+]c1ccc(-c2nc(N3CC4CCC3CC4N)n3ccnc3c2-c2ccc(OC)c(F)c2)cc1F. The molecule has 9 heteroatoms. The first-order chi connectivity index (χ1) is 17.5. The molecule has 2 aliphatic heterocycles. The quantitative estimate of drug-likeness (QED) is 0.401. The smallest absolute Gasteiger partial charge is 0.222 e. The van der Waals surface area contributed by atoms with Gasteiger partial charge in [0, 0.05) is 36.6 Å². The minimum atomic E-state index is -0.635. The molecule has 0 radical (unpaired) electrons. The Morgan fingerprint density at radius 3 is 2.58 bits per heavy atom. The minimum Gasteiger partial charge on any atom is -0.494 e. The van der Waals surface area contributed by atoms with Gasteiger partial charge in [-0.3, -0.25) is 4.40 Å². The van der Waals surface area contributed by atoms with E-state index >= 15 is 0 Å². The lowest BCUT2D eigenvalue weighted by atomic mass is 9.77. The van der Waals surface area contributed by atoms with Crippen LogP contribution in [0.2, 0.25) is 0 Å². The molecule has 2 aromatic carbocycles. The minimum absolute atomic E-state index is 0.0692. The average Bonchev–Trinajstić information content (AvgIpc) is 3.38. The van der Waals surface area contributed by atoms with Crippen molar-refractivity contribution in [3.8, 4) is 28.1 Å². The van der Waals surface area contributed by atoms with Crippen LogP contribution in [-0.2, 0) is 0 Å². The number of fused-ring (bicyclic) bond motifs is 4. The predicted octanol–water partition coefficient (Wildman–Crippen LogP) is 5.22. The van der Waals surface area contributed by atoms with E-state index in [1.807, 2.05) is 10.6 Å². The van der Waals surface area contributed by atoms with Gasteiger partial charge >= 0.3 is 0 Å². The van der Waals surface area contributed by atoms with Crippen molar-refractivity contribution in [1.29, 1.82) is 0 Å². The van der Waals surface area contributed by atoms with Crippen molar-refractivity contribution in [2.24, 2.45) is 11.7 Å². The zero-order valence-electron chi connectivity index (χ0n) is 19.7. The highest BCUT2D eigenvalue weighted by atomic mass is 19.1. The van der Waals surface area contributed by atoms with Crippen LogP contribution in [0.4, 0.5) is 20.4 Å². The monoisotopic (exact) mass is 486 g/mol. The Hall–Kier alpha value is -4.03. The highest BCUT2D eigenvalue weighted by Gasteiger charge is 2.40. The van der Waals surface area contributed by atoms with Crippen LogP contribution < -0.4 is 15.4 Å². The fourth-order valence-electron chi connectivity index (χ4n) is 5.61. The van der Waals surface area contributed by atoms with E-state index in [-0.39, 0.29) is 23.5 Å². The van der Waals surface area contributed by atoms with E-state index in [1.54, 1.807) is 24.4 Å². The maximum atomic E-state index is 14.8. The summed E-state index contributed by atoms with van der Waals surface area (Å²) in [6.45, 7) is 7.99. The number of anilines is 1. The molecular weight excluding hydrogens is 462 g/mol. The average molecular weight is 487 g/mol. The standard InChI is InChI=1S/C27H24F2N6O/c1-31-22-7-4-16(12-19(22)28)25-24(15-5-8-23(36-2)20(29)11-15)26-32-9-10-34(26)27(33-25)35-14-17-3-6-18(35)13-21(17)30/h4-5,7-12,17-18,21H,3,6,13-14,30H2,2H3. The number of nitrogens with two attached hydrogens (primary N) is 1. The lowest BCUT2D eigenvalue weighted by Crippen LogP contribution is -2.57. The molecule has 2 aromatic heterocycles. The van der Waals surface area contributed by atoms with Crippen molar-refractivity contribution in [3.63, 3.8) is 0 Å². The molecule has 7 nitrogen and oxygen atoms in total. The third-order valence-electron chi connectivity index (χ3n) is 7.46. The highest BCUT2D eigenvalue weighted by molar-refractivity contribution is 5.91. The van der Waals surface area contributed by atoms with Gasteiger partial charge in [-0.25, -0.2) is 23.6 Å². The third kappa shape index (κ3) is 3.48. The molecule has 3 unspecified atom stereocenters. The molecule has 2 bridgehead atoms. The van der Waals surface area contributed by atoms with Crippen LogP contribution in [0.15, 0.2) is 48.8 Å². The van der Waals surface area contributed by atoms with Gasteiger partial charge in [-0.05, 0) is 48.9 Å². The maximum absolute atomic E-state index is 14.8. The fourth-order valence-corrected chi connectivity index (χ4v) is 5.61. The van der Waals surface area contributed by atoms with Gasteiger partial charge in [-0.15, -0.1) is 0 Å². The zero-order valence-corrected chi connectivity index (χ0v) is 19.7. The van der Waals surface area contributed by atoms with Crippen molar-refractivity contribution in [1.82, 2.24) is 14.4 Å². The first kappa shape index (κ1) is 22.4. The Morgan fingerprint density at radius 2 is 1.92 bits per heavy atom.